The fourth-order valence-corrected chi connectivity index (χ4v) is 2.13. The minimum Gasteiger partial charge on any atom is -0.496 e. The van der Waals surface area contributed by atoms with Crippen molar-refractivity contribution in [2.24, 2.45) is 0 Å². The third-order valence-corrected chi connectivity index (χ3v) is 3.31. The summed E-state index contributed by atoms with van der Waals surface area (Å²) in [7, 11) is 1.37. The Hall–Kier alpha value is -3.89. The van der Waals surface area contributed by atoms with E-state index in [0.717, 1.165) is 4.68 Å². The minimum atomic E-state index is -0.865. The lowest BCUT2D eigenvalue weighted by atomic mass is 10.2. The maximum absolute atomic E-state index is 12.1. The van der Waals surface area contributed by atoms with Crippen molar-refractivity contribution in [3.63, 3.8) is 0 Å². The fraction of sp³-hybridized carbons (Fsp3) is 0.133. The number of carbonyl (C=O) groups is 1. The number of hydrogen-bond donors (Lipinski definition) is 1. The second-order valence-corrected chi connectivity index (χ2v) is 5.00. The Morgan fingerprint density at radius 1 is 1.42 bits per heavy atom. The van der Waals surface area contributed by atoms with E-state index in [2.05, 4.69) is 10.4 Å². The second-order valence-electron chi connectivity index (χ2n) is 5.00. The highest BCUT2D eigenvalue weighted by Gasteiger charge is 2.19. The van der Waals surface area contributed by atoms with Crippen molar-refractivity contribution in [3.05, 3.63) is 57.3 Å². The minimum absolute atomic E-state index is 0.0383. The van der Waals surface area contributed by atoms with E-state index in [1.807, 2.05) is 0 Å². The molecule has 0 spiro atoms. The monoisotopic (exact) mass is 360 g/mol. The van der Waals surface area contributed by atoms with Crippen molar-refractivity contribution in [2.45, 2.75) is 6.54 Å². The molecule has 134 valence electrons. The fourth-order valence-electron chi connectivity index (χ4n) is 2.13. The highest BCUT2D eigenvalue weighted by Crippen LogP contribution is 2.28. The number of nitrogens with one attached hydrogen (secondary N) is 1. The molecule has 1 aromatic carbocycles. The van der Waals surface area contributed by atoms with Crippen molar-refractivity contribution >= 4 is 17.3 Å². The molecule has 11 nitrogen and oxygen atoms in total. The first-order valence-corrected chi connectivity index (χ1v) is 7.22. The number of benzene rings is 1. The zero-order valence-corrected chi connectivity index (χ0v) is 13.4. The Morgan fingerprint density at radius 3 is 2.88 bits per heavy atom. The summed E-state index contributed by atoms with van der Waals surface area (Å²) in [6, 6.07) is 7.09. The quantitative estimate of drug-likeness (QED) is 0.516. The molecular weight excluding hydrogens is 348 g/mol. The highest BCUT2D eigenvalue weighted by molar-refractivity contribution is 5.93. The van der Waals surface area contributed by atoms with Crippen LogP contribution in [0, 0.1) is 10.1 Å². The highest BCUT2D eigenvalue weighted by atomic mass is 16.6. The Labute approximate surface area is 144 Å². The van der Waals surface area contributed by atoms with Crippen molar-refractivity contribution < 1.29 is 23.3 Å². The third kappa shape index (κ3) is 3.45. The maximum atomic E-state index is 12.1. The number of ether oxygens (including phenoxy) is 1. The topological polar surface area (TPSA) is 143 Å². The summed E-state index contributed by atoms with van der Waals surface area (Å²) in [4.78, 5) is 34.4. The van der Waals surface area contributed by atoms with E-state index in [1.54, 1.807) is 6.07 Å². The van der Waals surface area contributed by atoms with Gasteiger partial charge in [-0.25, -0.2) is 4.79 Å². The van der Waals surface area contributed by atoms with Crippen molar-refractivity contribution in [1.29, 1.82) is 0 Å². The molecule has 1 N–H and O–H groups in total. The molecule has 0 fully saturated rings. The van der Waals surface area contributed by atoms with Crippen LogP contribution < -0.4 is 15.8 Å². The molecule has 2 heterocycles. The number of furan rings is 1. The maximum Gasteiger partial charge on any atom is 0.437 e. The van der Waals surface area contributed by atoms with Crippen LogP contribution in [0.15, 0.2) is 50.2 Å². The second kappa shape index (κ2) is 6.93. The van der Waals surface area contributed by atoms with Crippen LogP contribution in [0.3, 0.4) is 0 Å². The van der Waals surface area contributed by atoms with E-state index < -0.39 is 23.1 Å². The van der Waals surface area contributed by atoms with Crippen LogP contribution in [0.4, 0.5) is 11.4 Å². The summed E-state index contributed by atoms with van der Waals surface area (Å²) >= 11 is 0. The zero-order chi connectivity index (χ0) is 18.7. The van der Waals surface area contributed by atoms with E-state index in [1.165, 1.54) is 37.6 Å². The van der Waals surface area contributed by atoms with E-state index in [9.17, 15) is 19.7 Å². The number of nitro groups is 1. The summed E-state index contributed by atoms with van der Waals surface area (Å²) in [6.07, 6.45) is 1.38. The van der Waals surface area contributed by atoms with Gasteiger partial charge in [0.05, 0.1) is 24.4 Å². The van der Waals surface area contributed by atoms with Crippen LogP contribution in [0.5, 0.6) is 5.75 Å². The van der Waals surface area contributed by atoms with Gasteiger partial charge in [0, 0.05) is 0 Å². The number of rotatable bonds is 6. The smallest absolute Gasteiger partial charge is 0.437 e. The van der Waals surface area contributed by atoms with Gasteiger partial charge in [0.1, 0.15) is 18.0 Å². The zero-order valence-electron chi connectivity index (χ0n) is 13.4. The molecule has 26 heavy (non-hydrogen) atoms. The van der Waals surface area contributed by atoms with Crippen molar-refractivity contribution in [2.75, 3.05) is 12.4 Å². The first-order valence-electron chi connectivity index (χ1n) is 7.22. The Kier molecular flexibility index (Phi) is 4.51. The lowest BCUT2D eigenvalue weighted by Gasteiger charge is -2.07. The molecule has 3 aromatic rings. The van der Waals surface area contributed by atoms with Crippen LogP contribution >= 0.6 is 0 Å². The SMILES string of the molecule is COc1ccc(NC(=O)Cn2nc(-c3ccco3)oc2=O)c([N+](=O)[O-])c1. The van der Waals surface area contributed by atoms with Gasteiger partial charge < -0.3 is 18.9 Å². The molecule has 0 radical (unpaired) electrons. The van der Waals surface area contributed by atoms with Gasteiger partial charge in [-0.3, -0.25) is 14.9 Å². The van der Waals surface area contributed by atoms with Crippen LogP contribution in [-0.2, 0) is 11.3 Å². The van der Waals surface area contributed by atoms with Gasteiger partial charge in [0.25, 0.3) is 11.6 Å². The van der Waals surface area contributed by atoms with Crippen LogP contribution in [0.1, 0.15) is 0 Å². The van der Waals surface area contributed by atoms with Gasteiger partial charge in [0.2, 0.25) is 5.91 Å². The summed E-state index contributed by atoms with van der Waals surface area (Å²) in [5.74, 6) is -1.14. The van der Waals surface area contributed by atoms with Gasteiger partial charge in [-0.05, 0) is 24.3 Å². The van der Waals surface area contributed by atoms with Gasteiger partial charge in [0.15, 0.2) is 5.76 Å². The van der Waals surface area contributed by atoms with E-state index in [0.29, 0.717) is 0 Å². The van der Waals surface area contributed by atoms with E-state index in [4.69, 9.17) is 13.6 Å². The lowest BCUT2D eigenvalue weighted by molar-refractivity contribution is -0.384. The molecule has 2 aromatic heterocycles. The Bertz CT molecular complexity index is 1000. The number of nitro benzene ring substituents is 1. The molecule has 0 saturated heterocycles. The number of anilines is 1. The summed E-state index contributed by atoms with van der Waals surface area (Å²) < 4.78 is 15.7. The van der Waals surface area contributed by atoms with Gasteiger partial charge in [-0.15, -0.1) is 5.10 Å². The lowest BCUT2D eigenvalue weighted by Crippen LogP contribution is -2.26. The van der Waals surface area contributed by atoms with Crippen molar-refractivity contribution in [1.82, 2.24) is 9.78 Å². The Morgan fingerprint density at radius 2 is 2.23 bits per heavy atom. The molecule has 0 bridgehead atoms. The molecule has 0 unspecified atom stereocenters. The van der Waals surface area contributed by atoms with E-state index >= 15 is 0 Å². The number of hydrogen-bond acceptors (Lipinski definition) is 8. The van der Waals surface area contributed by atoms with Gasteiger partial charge in [-0.1, -0.05) is 0 Å². The number of amides is 1. The number of nitrogens with zero attached hydrogens (tertiary/aromatic N) is 3. The molecule has 0 saturated carbocycles. The molecule has 11 heteroatoms. The number of aromatic nitrogens is 2. The molecule has 3 rings (SSSR count). The average Bonchev–Trinajstić information content (AvgIpc) is 3.25. The van der Waals surface area contributed by atoms with Crippen LogP contribution in [0.25, 0.3) is 11.7 Å². The normalized spacial score (nSPS) is 10.5. The van der Waals surface area contributed by atoms with Crippen LogP contribution in [0.2, 0.25) is 0 Å². The van der Waals surface area contributed by atoms with Crippen molar-refractivity contribution in [3.8, 4) is 17.4 Å². The number of carbonyl (C=O) groups excluding carboxylic acids is 1. The average molecular weight is 360 g/mol. The van der Waals surface area contributed by atoms with Crippen LogP contribution in [-0.4, -0.2) is 27.7 Å². The molecule has 0 aliphatic carbocycles. The molecule has 0 aliphatic rings. The standard InChI is InChI=1S/C15H12N4O7/c1-24-9-4-5-10(11(7-9)19(22)23)16-13(20)8-18-15(21)26-14(17-18)12-3-2-6-25-12/h2-7H,8H2,1H3,(H,16,20). The predicted molar refractivity (Wildman–Crippen MR) is 86.7 cm³/mol. The van der Waals surface area contributed by atoms with Gasteiger partial charge in [-0.2, -0.15) is 4.68 Å². The molecular formula is C15H12N4O7. The summed E-state index contributed by atoms with van der Waals surface area (Å²) in [5.41, 5.74) is -0.384. The third-order valence-electron chi connectivity index (χ3n) is 3.31. The number of methoxy groups -OCH3 is 1. The molecule has 1 amide bonds. The Balaban J connectivity index is 1.78. The predicted octanol–water partition coefficient (Wildman–Crippen LogP) is 1.65. The largest absolute Gasteiger partial charge is 0.496 e. The van der Waals surface area contributed by atoms with E-state index in [-0.39, 0.29) is 28.8 Å². The first kappa shape index (κ1) is 17.0. The summed E-state index contributed by atoms with van der Waals surface area (Å²) in [6.45, 7) is -0.494. The first-order chi connectivity index (χ1) is 12.5. The molecule has 0 aliphatic heterocycles. The molecule has 0 atom stereocenters. The summed E-state index contributed by atoms with van der Waals surface area (Å²) in [5, 5.41) is 17.3. The van der Waals surface area contributed by atoms with Gasteiger partial charge >= 0.3 is 5.76 Å².